The van der Waals surface area contributed by atoms with Crippen molar-refractivity contribution in [3.63, 3.8) is 0 Å². The number of benzene rings is 1. The molecule has 0 aliphatic heterocycles. The lowest BCUT2D eigenvalue weighted by atomic mass is 10.1. The van der Waals surface area contributed by atoms with Crippen LogP contribution in [0.3, 0.4) is 0 Å². The predicted molar refractivity (Wildman–Crippen MR) is 69.2 cm³/mol. The van der Waals surface area contributed by atoms with Crippen LogP contribution in [0.5, 0.6) is 5.88 Å². The van der Waals surface area contributed by atoms with Gasteiger partial charge in [-0.1, -0.05) is 30.3 Å². The van der Waals surface area contributed by atoms with Crippen LogP contribution in [-0.4, -0.2) is 27.7 Å². The number of nitrogens with zero attached hydrogens (tertiary/aromatic N) is 2. The van der Waals surface area contributed by atoms with Crippen LogP contribution in [0, 0.1) is 0 Å². The van der Waals surface area contributed by atoms with Crippen molar-refractivity contribution in [2.24, 2.45) is 0 Å². The Morgan fingerprint density at radius 1 is 1.16 bits per heavy atom. The van der Waals surface area contributed by atoms with E-state index in [1.807, 2.05) is 18.2 Å². The van der Waals surface area contributed by atoms with Gasteiger partial charge in [0.15, 0.2) is 5.69 Å². The Bertz CT molecular complexity index is 526. The van der Waals surface area contributed by atoms with Crippen molar-refractivity contribution >= 4 is 5.97 Å². The Morgan fingerprint density at radius 2 is 1.95 bits per heavy atom. The summed E-state index contributed by atoms with van der Waals surface area (Å²) >= 11 is 0. The number of carbonyl (C=O) groups is 1. The van der Waals surface area contributed by atoms with Gasteiger partial charge >= 0.3 is 5.97 Å². The molecule has 5 heteroatoms. The molecule has 19 heavy (non-hydrogen) atoms. The first-order valence-corrected chi connectivity index (χ1v) is 5.98. The van der Waals surface area contributed by atoms with Gasteiger partial charge in [0.05, 0.1) is 19.0 Å². The van der Waals surface area contributed by atoms with Crippen molar-refractivity contribution in [2.75, 3.05) is 6.61 Å². The first kappa shape index (κ1) is 13.0. The zero-order chi connectivity index (χ0) is 13.5. The first-order chi connectivity index (χ1) is 9.25. The molecule has 1 N–H and O–H groups in total. The number of carboxylic acid groups (broad SMARTS) is 1. The molecular formula is C14H14N2O3. The lowest BCUT2D eigenvalue weighted by Crippen LogP contribution is -2.04. The minimum atomic E-state index is -1.09. The molecule has 0 aliphatic carbocycles. The van der Waals surface area contributed by atoms with Crippen molar-refractivity contribution in [3.8, 4) is 5.88 Å². The molecule has 0 amide bonds. The highest BCUT2D eigenvalue weighted by Gasteiger charge is 2.05. The van der Waals surface area contributed by atoms with Crippen molar-refractivity contribution < 1.29 is 14.6 Å². The van der Waals surface area contributed by atoms with Crippen LogP contribution >= 0.6 is 0 Å². The number of rotatable bonds is 6. The summed E-state index contributed by atoms with van der Waals surface area (Å²) in [5.74, 6) is -0.749. The number of aromatic carboxylic acids is 1. The lowest BCUT2D eigenvalue weighted by Gasteiger charge is -2.05. The summed E-state index contributed by atoms with van der Waals surface area (Å²) in [6.07, 6.45) is 4.31. The molecule has 0 unspecified atom stereocenters. The van der Waals surface area contributed by atoms with E-state index in [0.717, 1.165) is 12.8 Å². The Kier molecular flexibility index (Phi) is 4.44. The second-order valence-electron chi connectivity index (χ2n) is 3.98. The average molecular weight is 258 g/mol. The van der Waals surface area contributed by atoms with Crippen LogP contribution in [0.25, 0.3) is 0 Å². The second kappa shape index (κ2) is 6.49. The van der Waals surface area contributed by atoms with Gasteiger partial charge in [0.1, 0.15) is 0 Å². The Hall–Kier alpha value is -2.43. The third kappa shape index (κ3) is 4.06. The van der Waals surface area contributed by atoms with E-state index >= 15 is 0 Å². The third-order valence-corrected chi connectivity index (χ3v) is 2.55. The number of hydrogen-bond donors (Lipinski definition) is 1. The number of carboxylic acids is 1. The number of aromatic nitrogens is 2. The molecule has 0 fully saturated rings. The summed E-state index contributed by atoms with van der Waals surface area (Å²) in [6.45, 7) is 0.524. The molecule has 0 radical (unpaired) electrons. The van der Waals surface area contributed by atoms with Crippen molar-refractivity contribution in [3.05, 3.63) is 54.0 Å². The fourth-order valence-electron chi connectivity index (χ4n) is 1.60. The molecule has 5 nitrogen and oxygen atoms in total. The highest BCUT2D eigenvalue weighted by atomic mass is 16.5. The van der Waals surface area contributed by atoms with Crippen LogP contribution in [0.1, 0.15) is 22.5 Å². The normalized spacial score (nSPS) is 10.1. The van der Waals surface area contributed by atoms with Gasteiger partial charge in [-0.3, -0.25) is 0 Å². The van der Waals surface area contributed by atoms with Gasteiger partial charge in [0.2, 0.25) is 5.88 Å². The second-order valence-corrected chi connectivity index (χ2v) is 3.98. The minimum absolute atomic E-state index is 0.0864. The van der Waals surface area contributed by atoms with E-state index in [4.69, 9.17) is 9.84 Å². The minimum Gasteiger partial charge on any atom is -0.477 e. The molecule has 1 aromatic heterocycles. The maximum atomic E-state index is 10.6. The van der Waals surface area contributed by atoms with Gasteiger partial charge in [-0.15, -0.1) is 0 Å². The van der Waals surface area contributed by atoms with Gasteiger partial charge in [0, 0.05) is 0 Å². The molecule has 2 rings (SSSR count). The molecule has 0 saturated carbocycles. The van der Waals surface area contributed by atoms with E-state index in [9.17, 15) is 4.79 Å². The maximum Gasteiger partial charge on any atom is 0.356 e. The predicted octanol–water partition coefficient (Wildman–Crippen LogP) is 2.19. The molecule has 0 bridgehead atoms. The molecule has 2 aromatic rings. The van der Waals surface area contributed by atoms with Crippen LogP contribution < -0.4 is 4.74 Å². The molecule has 0 spiro atoms. The van der Waals surface area contributed by atoms with E-state index in [1.54, 1.807) is 0 Å². The first-order valence-electron chi connectivity index (χ1n) is 5.98. The largest absolute Gasteiger partial charge is 0.477 e. The molecule has 0 saturated heterocycles. The number of hydrogen-bond acceptors (Lipinski definition) is 4. The molecule has 1 heterocycles. The fourth-order valence-corrected chi connectivity index (χ4v) is 1.60. The quantitative estimate of drug-likeness (QED) is 0.804. The van der Waals surface area contributed by atoms with E-state index in [-0.39, 0.29) is 5.69 Å². The SMILES string of the molecule is O=C(O)c1cnc(OCCCc2ccccc2)cn1. The monoisotopic (exact) mass is 258 g/mol. The van der Waals surface area contributed by atoms with Crippen LogP contribution in [0.4, 0.5) is 0 Å². The lowest BCUT2D eigenvalue weighted by molar-refractivity contribution is 0.0689. The van der Waals surface area contributed by atoms with E-state index in [1.165, 1.54) is 18.0 Å². The topological polar surface area (TPSA) is 72.3 Å². The van der Waals surface area contributed by atoms with E-state index in [0.29, 0.717) is 12.5 Å². The Labute approximate surface area is 110 Å². The molecular weight excluding hydrogens is 244 g/mol. The number of ether oxygens (including phenoxy) is 1. The summed E-state index contributed by atoms with van der Waals surface area (Å²) in [7, 11) is 0. The van der Waals surface area contributed by atoms with Crippen LogP contribution in [0.2, 0.25) is 0 Å². The average Bonchev–Trinajstić information content (AvgIpc) is 2.45. The molecule has 1 aromatic carbocycles. The molecule has 0 aliphatic rings. The highest BCUT2D eigenvalue weighted by molar-refractivity contribution is 5.84. The summed E-state index contributed by atoms with van der Waals surface area (Å²) in [5, 5.41) is 8.67. The van der Waals surface area contributed by atoms with Gasteiger partial charge < -0.3 is 9.84 Å². The zero-order valence-electron chi connectivity index (χ0n) is 10.3. The van der Waals surface area contributed by atoms with Crippen LogP contribution in [0.15, 0.2) is 42.7 Å². The summed E-state index contributed by atoms with van der Waals surface area (Å²) < 4.78 is 5.40. The van der Waals surface area contributed by atoms with Crippen molar-refractivity contribution in [1.29, 1.82) is 0 Å². The standard InChI is InChI=1S/C14H14N2O3/c17-14(18)12-9-16-13(10-15-12)19-8-4-7-11-5-2-1-3-6-11/h1-3,5-6,9-10H,4,7-8H2,(H,17,18). The van der Waals surface area contributed by atoms with Gasteiger partial charge in [-0.25, -0.2) is 14.8 Å². The fraction of sp³-hybridized carbons (Fsp3) is 0.214. The maximum absolute atomic E-state index is 10.6. The smallest absolute Gasteiger partial charge is 0.356 e. The summed E-state index contributed by atoms with van der Waals surface area (Å²) in [6, 6.07) is 10.1. The number of aryl methyl sites for hydroxylation is 1. The molecule has 98 valence electrons. The van der Waals surface area contributed by atoms with Crippen molar-refractivity contribution in [1.82, 2.24) is 9.97 Å². The third-order valence-electron chi connectivity index (χ3n) is 2.55. The van der Waals surface area contributed by atoms with Crippen LogP contribution in [-0.2, 0) is 6.42 Å². The van der Waals surface area contributed by atoms with E-state index < -0.39 is 5.97 Å². The van der Waals surface area contributed by atoms with Crippen molar-refractivity contribution in [2.45, 2.75) is 12.8 Å². The highest BCUT2D eigenvalue weighted by Crippen LogP contribution is 2.06. The van der Waals surface area contributed by atoms with Gasteiger partial charge in [-0.05, 0) is 18.4 Å². The Balaban J connectivity index is 1.75. The summed E-state index contributed by atoms with van der Waals surface area (Å²) in [4.78, 5) is 18.2. The summed E-state index contributed by atoms with van der Waals surface area (Å²) in [5.41, 5.74) is 1.18. The zero-order valence-corrected chi connectivity index (χ0v) is 10.3. The van der Waals surface area contributed by atoms with Gasteiger partial charge in [-0.2, -0.15) is 0 Å². The van der Waals surface area contributed by atoms with Gasteiger partial charge in [0.25, 0.3) is 0 Å². The van der Waals surface area contributed by atoms with E-state index in [2.05, 4.69) is 22.1 Å². The molecule has 0 atom stereocenters. The Morgan fingerprint density at radius 3 is 2.58 bits per heavy atom.